The Balaban J connectivity index is 2.53. The molecular weight excluding hydrogens is 290 g/mol. The number of furan rings is 1. The lowest BCUT2D eigenvalue weighted by molar-refractivity contribution is -0.147. The molecule has 0 spiro atoms. The largest absolute Gasteiger partial charge is 0.467 e. The number of carbonyl (C=O) groups excluding carboxylic acids is 3. The van der Waals surface area contributed by atoms with Crippen LogP contribution in [0, 0.1) is 12.8 Å². The van der Waals surface area contributed by atoms with Crippen molar-refractivity contribution in [2.24, 2.45) is 5.92 Å². The van der Waals surface area contributed by atoms with Crippen molar-refractivity contribution in [1.29, 1.82) is 0 Å². The second-order valence-electron chi connectivity index (χ2n) is 4.94. The van der Waals surface area contributed by atoms with E-state index >= 15 is 0 Å². The van der Waals surface area contributed by atoms with Crippen LogP contribution in [-0.4, -0.2) is 37.6 Å². The lowest BCUT2D eigenvalue weighted by Gasteiger charge is -2.21. The van der Waals surface area contributed by atoms with Crippen molar-refractivity contribution in [1.82, 2.24) is 5.32 Å². The molecular formula is C15H21NO6. The number of rotatable bonds is 7. The SMILES string of the molecule is CCC(C)C(NC(=O)COC(=O)c1ccc(C)o1)C(=O)OC. The van der Waals surface area contributed by atoms with Crippen molar-refractivity contribution in [3.05, 3.63) is 23.7 Å². The number of aryl methyl sites for hydroxylation is 1. The molecule has 0 radical (unpaired) electrons. The predicted octanol–water partition coefficient (Wildman–Crippen LogP) is 1.45. The summed E-state index contributed by atoms with van der Waals surface area (Å²) in [5.41, 5.74) is 0. The first-order valence-electron chi connectivity index (χ1n) is 6.99. The van der Waals surface area contributed by atoms with Crippen LogP contribution < -0.4 is 5.32 Å². The van der Waals surface area contributed by atoms with E-state index in [1.54, 1.807) is 13.0 Å². The molecule has 2 atom stereocenters. The van der Waals surface area contributed by atoms with Crippen LogP contribution in [0.1, 0.15) is 36.6 Å². The molecule has 0 saturated heterocycles. The van der Waals surface area contributed by atoms with E-state index in [0.717, 1.165) is 0 Å². The molecule has 0 bridgehead atoms. The Morgan fingerprint density at radius 1 is 1.32 bits per heavy atom. The van der Waals surface area contributed by atoms with Crippen LogP contribution in [0.4, 0.5) is 0 Å². The van der Waals surface area contributed by atoms with Gasteiger partial charge >= 0.3 is 11.9 Å². The minimum atomic E-state index is -0.771. The maximum Gasteiger partial charge on any atom is 0.374 e. The van der Waals surface area contributed by atoms with E-state index in [1.165, 1.54) is 13.2 Å². The summed E-state index contributed by atoms with van der Waals surface area (Å²) in [4.78, 5) is 35.1. The highest BCUT2D eigenvalue weighted by molar-refractivity contribution is 5.90. The molecule has 22 heavy (non-hydrogen) atoms. The lowest BCUT2D eigenvalue weighted by Crippen LogP contribution is -2.47. The number of ether oxygens (including phenoxy) is 2. The van der Waals surface area contributed by atoms with Crippen molar-refractivity contribution >= 4 is 17.8 Å². The van der Waals surface area contributed by atoms with E-state index in [2.05, 4.69) is 10.1 Å². The molecule has 1 N–H and O–H groups in total. The summed E-state index contributed by atoms with van der Waals surface area (Å²) in [6, 6.07) is 2.31. The van der Waals surface area contributed by atoms with Gasteiger partial charge in [0, 0.05) is 0 Å². The number of amides is 1. The highest BCUT2D eigenvalue weighted by atomic mass is 16.5. The second kappa shape index (κ2) is 8.21. The summed E-state index contributed by atoms with van der Waals surface area (Å²) in [6.45, 7) is 4.91. The van der Waals surface area contributed by atoms with Gasteiger partial charge in [0.05, 0.1) is 7.11 Å². The average molecular weight is 311 g/mol. The fourth-order valence-electron chi connectivity index (χ4n) is 1.76. The molecule has 1 heterocycles. The highest BCUT2D eigenvalue weighted by Gasteiger charge is 2.27. The standard InChI is InChI=1S/C15H21NO6/c1-5-9(2)13(15(19)20-4)16-12(17)8-21-14(18)11-7-6-10(3)22-11/h6-7,9,13H,5,8H2,1-4H3,(H,16,17). The minimum absolute atomic E-state index is 0.0248. The van der Waals surface area contributed by atoms with Crippen LogP contribution >= 0.6 is 0 Å². The van der Waals surface area contributed by atoms with Crippen molar-refractivity contribution in [3.8, 4) is 0 Å². The molecule has 0 aliphatic heterocycles. The molecule has 1 rings (SSSR count). The van der Waals surface area contributed by atoms with Crippen molar-refractivity contribution in [2.75, 3.05) is 13.7 Å². The molecule has 0 aromatic carbocycles. The molecule has 1 aromatic heterocycles. The fourth-order valence-corrected chi connectivity index (χ4v) is 1.76. The van der Waals surface area contributed by atoms with Crippen molar-refractivity contribution in [3.63, 3.8) is 0 Å². The van der Waals surface area contributed by atoms with Gasteiger partial charge in [0.25, 0.3) is 5.91 Å². The zero-order valence-electron chi connectivity index (χ0n) is 13.2. The van der Waals surface area contributed by atoms with Gasteiger partial charge in [-0.25, -0.2) is 9.59 Å². The number of nitrogens with one attached hydrogen (secondary N) is 1. The molecule has 1 amide bonds. The van der Waals surface area contributed by atoms with Gasteiger partial charge in [-0.3, -0.25) is 4.79 Å². The summed E-state index contributed by atoms with van der Waals surface area (Å²) in [7, 11) is 1.25. The minimum Gasteiger partial charge on any atom is -0.467 e. The molecule has 7 heteroatoms. The van der Waals surface area contributed by atoms with E-state index in [9.17, 15) is 14.4 Å². The van der Waals surface area contributed by atoms with Gasteiger partial charge in [-0.1, -0.05) is 20.3 Å². The summed E-state index contributed by atoms with van der Waals surface area (Å²) in [5.74, 6) is -1.35. The van der Waals surface area contributed by atoms with E-state index < -0.39 is 30.5 Å². The van der Waals surface area contributed by atoms with Crippen molar-refractivity contribution in [2.45, 2.75) is 33.2 Å². The monoisotopic (exact) mass is 311 g/mol. The number of methoxy groups -OCH3 is 1. The third kappa shape index (κ3) is 4.91. The van der Waals surface area contributed by atoms with Gasteiger partial charge in [-0.05, 0) is 25.0 Å². The van der Waals surface area contributed by atoms with Gasteiger partial charge in [0.15, 0.2) is 6.61 Å². The Morgan fingerprint density at radius 2 is 2.00 bits per heavy atom. The quantitative estimate of drug-likeness (QED) is 0.766. The Labute approximate surface area is 129 Å². The zero-order valence-corrected chi connectivity index (χ0v) is 13.2. The zero-order chi connectivity index (χ0) is 16.7. The maximum atomic E-state index is 11.8. The predicted molar refractivity (Wildman–Crippen MR) is 77.1 cm³/mol. The van der Waals surface area contributed by atoms with Gasteiger partial charge in [0.2, 0.25) is 5.76 Å². The molecule has 122 valence electrons. The number of esters is 2. The third-order valence-electron chi connectivity index (χ3n) is 3.26. The third-order valence-corrected chi connectivity index (χ3v) is 3.26. The average Bonchev–Trinajstić information content (AvgIpc) is 2.95. The Hall–Kier alpha value is -2.31. The first-order valence-corrected chi connectivity index (χ1v) is 6.99. The van der Waals surface area contributed by atoms with Crippen LogP contribution in [0.15, 0.2) is 16.5 Å². The van der Waals surface area contributed by atoms with Crippen LogP contribution in [0.25, 0.3) is 0 Å². The molecule has 0 saturated carbocycles. The number of carbonyl (C=O) groups is 3. The van der Waals surface area contributed by atoms with Gasteiger partial charge in [-0.2, -0.15) is 0 Å². The normalized spacial score (nSPS) is 13.1. The van der Waals surface area contributed by atoms with Crippen LogP contribution in [-0.2, 0) is 19.1 Å². The van der Waals surface area contributed by atoms with Crippen molar-refractivity contribution < 1.29 is 28.3 Å². The lowest BCUT2D eigenvalue weighted by atomic mass is 9.99. The summed E-state index contributed by atoms with van der Waals surface area (Å²) in [5, 5.41) is 2.51. The fraction of sp³-hybridized carbons (Fsp3) is 0.533. The van der Waals surface area contributed by atoms with E-state index in [-0.39, 0.29) is 11.7 Å². The highest BCUT2D eigenvalue weighted by Crippen LogP contribution is 2.10. The maximum absolute atomic E-state index is 11.8. The molecule has 0 aliphatic rings. The molecule has 2 unspecified atom stereocenters. The first kappa shape index (κ1) is 17.7. The second-order valence-corrected chi connectivity index (χ2v) is 4.94. The molecule has 0 aliphatic carbocycles. The van der Waals surface area contributed by atoms with Gasteiger partial charge in [0.1, 0.15) is 11.8 Å². The Morgan fingerprint density at radius 3 is 2.50 bits per heavy atom. The summed E-state index contributed by atoms with van der Waals surface area (Å²) < 4.78 is 14.6. The molecule has 0 fully saturated rings. The number of hydrogen-bond acceptors (Lipinski definition) is 6. The molecule has 7 nitrogen and oxygen atoms in total. The summed E-state index contributed by atoms with van der Waals surface area (Å²) >= 11 is 0. The smallest absolute Gasteiger partial charge is 0.374 e. The van der Waals surface area contributed by atoms with Crippen LogP contribution in [0.5, 0.6) is 0 Å². The Bertz CT molecular complexity index is 536. The summed E-state index contributed by atoms with van der Waals surface area (Å²) in [6.07, 6.45) is 0.686. The first-order chi connectivity index (χ1) is 10.4. The topological polar surface area (TPSA) is 94.8 Å². The van der Waals surface area contributed by atoms with Gasteiger partial charge in [-0.15, -0.1) is 0 Å². The van der Waals surface area contributed by atoms with Crippen LogP contribution in [0.3, 0.4) is 0 Å². The van der Waals surface area contributed by atoms with Crippen LogP contribution in [0.2, 0.25) is 0 Å². The Kier molecular flexibility index (Phi) is 6.62. The van der Waals surface area contributed by atoms with Gasteiger partial charge < -0.3 is 19.2 Å². The molecule has 1 aromatic rings. The van der Waals surface area contributed by atoms with E-state index in [4.69, 9.17) is 9.15 Å². The number of hydrogen-bond donors (Lipinski definition) is 1. The van der Waals surface area contributed by atoms with E-state index in [0.29, 0.717) is 12.2 Å². The van der Waals surface area contributed by atoms with E-state index in [1.807, 2.05) is 13.8 Å².